The quantitative estimate of drug-likeness (QED) is 0.738. The molecule has 1 aliphatic heterocycles. The van der Waals surface area contributed by atoms with Crippen molar-refractivity contribution >= 4 is 23.3 Å². The molecule has 0 radical (unpaired) electrons. The van der Waals surface area contributed by atoms with Crippen LogP contribution < -0.4 is 0 Å². The van der Waals surface area contributed by atoms with Crippen LogP contribution in [0.4, 0.5) is 0 Å². The van der Waals surface area contributed by atoms with Crippen LogP contribution in [0.1, 0.15) is 17.0 Å². The molecule has 0 aliphatic carbocycles. The van der Waals surface area contributed by atoms with Crippen molar-refractivity contribution in [3.8, 4) is 0 Å². The van der Waals surface area contributed by atoms with Gasteiger partial charge < -0.3 is 4.98 Å². The van der Waals surface area contributed by atoms with E-state index in [9.17, 15) is 0 Å². The summed E-state index contributed by atoms with van der Waals surface area (Å²) in [6, 6.07) is 8.13. The molecule has 5 nitrogen and oxygen atoms in total. The zero-order valence-electron chi connectivity index (χ0n) is 12.0. The Morgan fingerprint density at radius 2 is 2.18 bits per heavy atom. The van der Waals surface area contributed by atoms with Crippen molar-refractivity contribution in [1.29, 1.82) is 0 Å². The van der Waals surface area contributed by atoms with Crippen LogP contribution in [0.25, 0.3) is 11.0 Å². The fourth-order valence-electron chi connectivity index (χ4n) is 2.85. The van der Waals surface area contributed by atoms with E-state index in [1.807, 2.05) is 18.3 Å². The lowest BCUT2D eigenvalue weighted by atomic mass is 10.1. The van der Waals surface area contributed by atoms with E-state index >= 15 is 0 Å². The van der Waals surface area contributed by atoms with Gasteiger partial charge in [0.15, 0.2) is 10.4 Å². The number of fused-ring (bicyclic) bond motifs is 2. The highest BCUT2D eigenvalue weighted by atomic mass is 32.1. The summed E-state index contributed by atoms with van der Waals surface area (Å²) in [5, 5.41) is 1.08. The highest BCUT2D eigenvalue weighted by molar-refractivity contribution is 7.71. The minimum atomic E-state index is 0.564. The Balaban J connectivity index is 1.56. The topological polar surface area (TPSA) is 57.7 Å². The third kappa shape index (κ3) is 2.63. The number of pyridine rings is 2. The molecule has 0 amide bonds. The zero-order chi connectivity index (χ0) is 14.9. The summed E-state index contributed by atoms with van der Waals surface area (Å²) < 4.78 is 0.564. The second-order valence-electron chi connectivity index (χ2n) is 5.51. The maximum atomic E-state index is 5.08. The molecule has 0 bridgehead atoms. The predicted octanol–water partition coefficient (Wildman–Crippen LogP) is 2.64. The third-order valence-electron chi connectivity index (χ3n) is 3.96. The van der Waals surface area contributed by atoms with E-state index in [1.54, 1.807) is 6.20 Å². The summed E-state index contributed by atoms with van der Waals surface area (Å²) in [5.41, 5.74) is 4.29. The van der Waals surface area contributed by atoms with Crippen LogP contribution in [0.15, 0.2) is 36.7 Å². The lowest BCUT2D eigenvalue weighted by molar-refractivity contribution is 0.240. The SMILES string of the molecule is S=c1ncc2c([nH]1)CCN(Cc1ccc3cccnc3n1)C2. The molecule has 110 valence electrons. The summed E-state index contributed by atoms with van der Waals surface area (Å²) in [4.78, 5) is 18.7. The minimum Gasteiger partial charge on any atom is -0.334 e. The van der Waals surface area contributed by atoms with E-state index < -0.39 is 0 Å². The summed E-state index contributed by atoms with van der Waals surface area (Å²) >= 11 is 5.08. The van der Waals surface area contributed by atoms with Gasteiger partial charge >= 0.3 is 0 Å². The molecule has 1 aliphatic rings. The molecular formula is C16H15N5S. The first-order valence-corrected chi connectivity index (χ1v) is 7.69. The number of hydrogen-bond acceptors (Lipinski definition) is 5. The summed E-state index contributed by atoms with van der Waals surface area (Å²) in [7, 11) is 0. The Kier molecular flexibility index (Phi) is 3.40. The van der Waals surface area contributed by atoms with Gasteiger partial charge in [-0.15, -0.1) is 0 Å². The van der Waals surface area contributed by atoms with Crippen molar-refractivity contribution < 1.29 is 0 Å². The van der Waals surface area contributed by atoms with Gasteiger partial charge in [-0.1, -0.05) is 0 Å². The number of nitrogens with zero attached hydrogens (tertiary/aromatic N) is 4. The van der Waals surface area contributed by atoms with E-state index in [1.165, 1.54) is 11.3 Å². The molecule has 22 heavy (non-hydrogen) atoms. The molecule has 0 unspecified atom stereocenters. The largest absolute Gasteiger partial charge is 0.334 e. The van der Waals surface area contributed by atoms with Crippen LogP contribution in [-0.4, -0.2) is 31.4 Å². The molecular weight excluding hydrogens is 294 g/mol. The smallest absolute Gasteiger partial charge is 0.196 e. The fraction of sp³-hybridized carbons (Fsp3) is 0.250. The number of aromatic amines is 1. The van der Waals surface area contributed by atoms with Gasteiger partial charge in [-0.2, -0.15) is 0 Å². The Morgan fingerprint density at radius 3 is 3.14 bits per heavy atom. The highest BCUT2D eigenvalue weighted by Crippen LogP contribution is 2.18. The lowest BCUT2D eigenvalue weighted by Gasteiger charge is -2.27. The Hall–Kier alpha value is -2.18. The molecule has 3 aromatic rings. The van der Waals surface area contributed by atoms with Gasteiger partial charge in [0, 0.05) is 55.1 Å². The summed E-state index contributed by atoms with van der Waals surface area (Å²) in [6.07, 6.45) is 4.63. The van der Waals surface area contributed by atoms with Crippen LogP contribution in [0.5, 0.6) is 0 Å². The monoisotopic (exact) mass is 309 g/mol. The third-order valence-corrected chi connectivity index (χ3v) is 4.17. The first-order valence-electron chi connectivity index (χ1n) is 7.28. The summed E-state index contributed by atoms with van der Waals surface area (Å²) in [5.74, 6) is 0. The average Bonchev–Trinajstić information content (AvgIpc) is 2.55. The Bertz CT molecular complexity index is 889. The van der Waals surface area contributed by atoms with Gasteiger partial charge in [-0.3, -0.25) is 4.90 Å². The normalized spacial score (nSPS) is 14.9. The van der Waals surface area contributed by atoms with Crippen molar-refractivity contribution in [3.05, 3.63) is 58.4 Å². The predicted molar refractivity (Wildman–Crippen MR) is 86.8 cm³/mol. The molecule has 6 heteroatoms. The number of rotatable bonds is 2. The average molecular weight is 309 g/mol. The molecule has 4 heterocycles. The molecule has 0 aromatic carbocycles. The van der Waals surface area contributed by atoms with Crippen LogP contribution in [0.3, 0.4) is 0 Å². The Morgan fingerprint density at radius 1 is 1.23 bits per heavy atom. The number of aromatic nitrogens is 4. The molecule has 0 atom stereocenters. The first kappa shape index (κ1) is 13.5. The van der Waals surface area contributed by atoms with E-state index in [2.05, 4.69) is 37.0 Å². The number of nitrogens with one attached hydrogen (secondary N) is 1. The zero-order valence-corrected chi connectivity index (χ0v) is 12.8. The molecule has 4 rings (SSSR count). The van der Waals surface area contributed by atoms with E-state index in [-0.39, 0.29) is 0 Å². The molecule has 0 spiro atoms. The molecule has 0 saturated carbocycles. The highest BCUT2D eigenvalue weighted by Gasteiger charge is 2.17. The van der Waals surface area contributed by atoms with E-state index in [0.717, 1.165) is 42.8 Å². The second-order valence-corrected chi connectivity index (χ2v) is 5.89. The van der Waals surface area contributed by atoms with Crippen LogP contribution in [0, 0.1) is 4.77 Å². The van der Waals surface area contributed by atoms with Gasteiger partial charge in [-0.25, -0.2) is 15.0 Å². The second kappa shape index (κ2) is 5.55. The van der Waals surface area contributed by atoms with Gasteiger partial charge in [0.05, 0.1) is 5.69 Å². The number of H-pyrrole nitrogens is 1. The fourth-order valence-corrected chi connectivity index (χ4v) is 3.03. The van der Waals surface area contributed by atoms with Crippen molar-refractivity contribution in [2.75, 3.05) is 6.54 Å². The van der Waals surface area contributed by atoms with Gasteiger partial charge in [0.25, 0.3) is 0 Å². The standard InChI is InChI=1S/C16H15N5S/c22-16-18-8-12-9-21(7-5-14(12)20-16)10-13-4-3-11-2-1-6-17-15(11)19-13/h1-4,6,8H,5,7,9-10H2,(H,18,20,22). The summed E-state index contributed by atoms with van der Waals surface area (Å²) in [6.45, 7) is 2.68. The van der Waals surface area contributed by atoms with E-state index in [0.29, 0.717) is 4.77 Å². The van der Waals surface area contributed by atoms with Crippen LogP contribution >= 0.6 is 12.2 Å². The molecule has 1 N–H and O–H groups in total. The van der Waals surface area contributed by atoms with Crippen molar-refractivity contribution in [1.82, 2.24) is 24.8 Å². The van der Waals surface area contributed by atoms with Crippen molar-refractivity contribution in [3.63, 3.8) is 0 Å². The van der Waals surface area contributed by atoms with E-state index in [4.69, 9.17) is 12.2 Å². The Labute approximate surface area is 133 Å². The van der Waals surface area contributed by atoms with Crippen LogP contribution in [-0.2, 0) is 19.5 Å². The number of hydrogen-bond donors (Lipinski definition) is 1. The maximum Gasteiger partial charge on any atom is 0.196 e. The van der Waals surface area contributed by atoms with Crippen molar-refractivity contribution in [2.45, 2.75) is 19.5 Å². The van der Waals surface area contributed by atoms with Crippen molar-refractivity contribution in [2.24, 2.45) is 0 Å². The molecule has 0 saturated heterocycles. The first-order chi connectivity index (χ1) is 10.8. The molecule has 3 aromatic heterocycles. The molecule has 0 fully saturated rings. The van der Waals surface area contributed by atoms with Gasteiger partial charge in [0.1, 0.15) is 0 Å². The van der Waals surface area contributed by atoms with Gasteiger partial charge in [0.2, 0.25) is 0 Å². The maximum absolute atomic E-state index is 5.08. The lowest BCUT2D eigenvalue weighted by Crippen LogP contribution is -2.31. The minimum absolute atomic E-state index is 0.564. The van der Waals surface area contributed by atoms with Crippen LogP contribution in [0.2, 0.25) is 0 Å². The van der Waals surface area contributed by atoms with Gasteiger partial charge in [-0.05, 0) is 36.5 Å².